The molecule has 5 rings (SSSR count). The fourth-order valence-corrected chi connectivity index (χ4v) is 3.51. The normalized spacial score (nSPS) is 14.2. The number of benzene rings is 3. The second-order valence-corrected chi connectivity index (χ2v) is 7.16. The molecule has 3 aromatic rings. The van der Waals surface area contributed by atoms with Crippen LogP contribution in [0.25, 0.3) is 0 Å². The summed E-state index contributed by atoms with van der Waals surface area (Å²) in [5.74, 6) is 0.525. The predicted octanol–water partition coefficient (Wildman–Crippen LogP) is 5.42. The first kappa shape index (κ1) is 19.0. The Kier molecular flexibility index (Phi) is 5.19. The fraction of sp³-hybridized carbons (Fsp3) is 0.0833. The van der Waals surface area contributed by atoms with Crippen LogP contribution < -0.4 is 10.1 Å². The van der Waals surface area contributed by atoms with Crippen LogP contribution in [0, 0.1) is 0 Å². The number of hydrogen-bond acceptors (Lipinski definition) is 3. The number of carbonyl (C=O) groups is 2. The van der Waals surface area contributed by atoms with Gasteiger partial charge in [-0.2, -0.15) is 0 Å². The summed E-state index contributed by atoms with van der Waals surface area (Å²) in [6.07, 6.45) is 2.43. The van der Waals surface area contributed by atoms with Crippen LogP contribution in [0.1, 0.15) is 42.8 Å². The van der Waals surface area contributed by atoms with Gasteiger partial charge in [-0.1, -0.05) is 60.7 Å². The quantitative estimate of drug-likeness (QED) is 0.276. The second-order valence-electron chi connectivity index (χ2n) is 6.69. The van der Waals surface area contributed by atoms with E-state index in [2.05, 4.69) is 11.9 Å². The van der Waals surface area contributed by atoms with E-state index < -0.39 is 0 Å². The van der Waals surface area contributed by atoms with Gasteiger partial charge in [-0.15, -0.1) is 18.2 Å². The summed E-state index contributed by atoms with van der Waals surface area (Å²) in [5.41, 5.74) is 3.86. The van der Waals surface area contributed by atoms with Gasteiger partial charge in [0.25, 0.3) is 11.8 Å². The van der Waals surface area contributed by atoms with E-state index >= 15 is 0 Å². The van der Waals surface area contributed by atoms with Gasteiger partial charge in [0.2, 0.25) is 0 Å². The Morgan fingerprint density at radius 1 is 0.931 bits per heavy atom. The van der Waals surface area contributed by atoms with Crippen LogP contribution in [0.3, 0.4) is 0 Å². The first-order chi connectivity index (χ1) is 14.1. The Morgan fingerprint density at radius 2 is 1.66 bits per heavy atom. The molecule has 1 N–H and O–H groups in total. The molecule has 0 saturated carbocycles. The fourth-order valence-electron chi connectivity index (χ4n) is 3.37. The molecule has 0 aliphatic carbocycles. The molecule has 0 bridgehead atoms. The van der Waals surface area contributed by atoms with Crippen molar-refractivity contribution >= 4 is 23.4 Å². The van der Waals surface area contributed by atoms with Gasteiger partial charge in [0.15, 0.2) is 0 Å². The van der Waals surface area contributed by atoms with E-state index in [1.54, 1.807) is 12.1 Å². The molecule has 29 heavy (non-hydrogen) atoms. The maximum absolute atomic E-state index is 11.8. The molecule has 2 amide bonds. The first-order valence-corrected chi connectivity index (χ1v) is 9.61. The molecular formula is C24H18ClNO3. The summed E-state index contributed by atoms with van der Waals surface area (Å²) in [5, 5.41) is 2.24. The topological polar surface area (TPSA) is 55.4 Å². The lowest BCUT2D eigenvalue weighted by molar-refractivity contribution is 0.0879. The molecule has 0 fully saturated rings. The summed E-state index contributed by atoms with van der Waals surface area (Å²) in [7, 11) is 0. The smallest absolute Gasteiger partial charge is 0.262 e. The van der Waals surface area contributed by atoms with E-state index in [9.17, 15) is 9.59 Å². The minimum atomic E-state index is -0.378. The van der Waals surface area contributed by atoms with Crippen molar-refractivity contribution in [1.82, 2.24) is 5.32 Å². The molecule has 0 radical (unpaired) electrons. The number of nitrogens with one attached hydrogen (secondary N) is 1. The van der Waals surface area contributed by atoms with Crippen molar-refractivity contribution in [2.45, 2.75) is 11.8 Å². The van der Waals surface area contributed by atoms with Gasteiger partial charge in [-0.25, -0.2) is 0 Å². The maximum Gasteiger partial charge on any atom is 0.262 e. The lowest BCUT2D eigenvalue weighted by Crippen LogP contribution is -2.20. The lowest BCUT2D eigenvalue weighted by atomic mass is 9.96. The second kappa shape index (κ2) is 7.94. The number of rotatable bonds is 2. The van der Waals surface area contributed by atoms with Crippen LogP contribution in [0.4, 0.5) is 0 Å². The molecule has 2 aliphatic heterocycles. The summed E-state index contributed by atoms with van der Waals surface area (Å²) < 4.78 is 5.83. The van der Waals surface area contributed by atoms with Crippen LogP contribution in [-0.2, 0) is 6.42 Å². The van der Waals surface area contributed by atoms with Gasteiger partial charge in [-0.05, 0) is 23.3 Å². The van der Waals surface area contributed by atoms with E-state index in [1.807, 2.05) is 60.7 Å². The highest BCUT2D eigenvalue weighted by atomic mass is 35.5. The molecule has 0 saturated heterocycles. The molecule has 0 spiro atoms. The van der Waals surface area contributed by atoms with Gasteiger partial charge in [-0.3, -0.25) is 14.9 Å². The number of ether oxygens (including phenoxy) is 1. The highest BCUT2D eigenvalue weighted by Crippen LogP contribution is 2.40. The average Bonchev–Trinajstić information content (AvgIpc) is 3.06. The highest BCUT2D eigenvalue weighted by molar-refractivity contribution is 6.23. The van der Waals surface area contributed by atoms with E-state index in [0.717, 1.165) is 22.4 Å². The number of halogens is 1. The van der Waals surface area contributed by atoms with Crippen molar-refractivity contribution < 1.29 is 14.3 Å². The average molecular weight is 404 g/mol. The monoisotopic (exact) mass is 403 g/mol. The Hall–Kier alpha value is -3.37. The number of amides is 2. The van der Waals surface area contributed by atoms with E-state index in [-0.39, 0.29) is 17.2 Å². The Morgan fingerprint density at radius 3 is 2.41 bits per heavy atom. The van der Waals surface area contributed by atoms with Crippen molar-refractivity contribution in [3.05, 3.63) is 107 Å². The molecule has 4 nitrogen and oxygen atoms in total. The van der Waals surface area contributed by atoms with Gasteiger partial charge in [0, 0.05) is 12.0 Å². The van der Waals surface area contributed by atoms with E-state index in [0.29, 0.717) is 23.3 Å². The summed E-state index contributed by atoms with van der Waals surface area (Å²) in [6.45, 7) is 3.61. The zero-order chi connectivity index (χ0) is 20.4. The Bertz CT molecular complexity index is 1110. The molecule has 5 heteroatoms. The number of hydrogen-bond donors (Lipinski definition) is 1. The van der Waals surface area contributed by atoms with Crippen molar-refractivity contribution in [2.24, 2.45) is 0 Å². The van der Waals surface area contributed by atoms with Crippen LogP contribution in [0.5, 0.6) is 11.5 Å². The molecular weight excluding hydrogens is 386 g/mol. The molecule has 1 atom stereocenters. The number of imide groups is 1. The van der Waals surface area contributed by atoms with Gasteiger partial charge in [0.05, 0.1) is 16.5 Å². The molecule has 144 valence electrons. The number of carbonyl (C=O) groups excluding carboxylic acids is 2. The molecule has 2 heterocycles. The maximum atomic E-state index is 11.8. The van der Waals surface area contributed by atoms with Crippen molar-refractivity contribution in [1.29, 1.82) is 0 Å². The third kappa shape index (κ3) is 3.67. The third-order valence-electron chi connectivity index (χ3n) is 4.83. The first-order valence-electron chi connectivity index (χ1n) is 9.17. The summed E-state index contributed by atoms with van der Waals surface area (Å²) >= 11 is 5.87. The summed E-state index contributed by atoms with van der Waals surface area (Å²) in [4.78, 5) is 23.5. The van der Waals surface area contributed by atoms with Crippen LogP contribution >= 0.6 is 11.6 Å². The van der Waals surface area contributed by atoms with Crippen molar-refractivity contribution in [3.8, 4) is 11.5 Å². The molecule has 3 aromatic carbocycles. The SMILES string of the molecule is C=CC(Cl)c1ccccc1.O=C1NC(=O)c2c1ccc1c2Oc2ccccc2C1. The molecule has 2 aliphatic rings. The Labute approximate surface area is 173 Å². The number of fused-ring (bicyclic) bond motifs is 4. The predicted molar refractivity (Wildman–Crippen MR) is 113 cm³/mol. The minimum Gasteiger partial charge on any atom is -0.456 e. The zero-order valence-electron chi connectivity index (χ0n) is 15.5. The third-order valence-corrected chi connectivity index (χ3v) is 5.26. The molecule has 1 unspecified atom stereocenters. The van der Waals surface area contributed by atoms with Crippen LogP contribution in [0.2, 0.25) is 0 Å². The number of alkyl halides is 1. The van der Waals surface area contributed by atoms with Gasteiger partial charge >= 0.3 is 0 Å². The van der Waals surface area contributed by atoms with Crippen molar-refractivity contribution in [3.63, 3.8) is 0 Å². The lowest BCUT2D eigenvalue weighted by Gasteiger charge is -2.21. The van der Waals surface area contributed by atoms with Crippen molar-refractivity contribution in [2.75, 3.05) is 0 Å². The number of para-hydroxylation sites is 1. The van der Waals surface area contributed by atoms with E-state index in [4.69, 9.17) is 16.3 Å². The largest absolute Gasteiger partial charge is 0.456 e. The Balaban J connectivity index is 0.000000174. The standard InChI is InChI=1S/C15H9NO3.C9H9Cl/c17-14-10-6-5-9-7-8-3-1-2-4-11(8)19-13(9)12(10)15(18)16-14;1-2-9(10)8-6-4-3-5-7-8/h1-6H,7H2,(H,16,17,18);2-7,9H,1H2. The summed E-state index contributed by atoms with van der Waals surface area (Å²) in [6, 6.07) is 21.1. The zero-order valence-corrected chi connectivity index (χ0v) is 16.3. The van der Waals surface area contributed by atoms with Crippen LogP contribution in [0.15, 0.2) is 79.4 Å². The highest BCUT2D eigenvalue weighted by Gasteiger charge is 2.33. The van der Waals surface area contributed by atoms with Crippen LogP contribution in [-0.4, -0.2) is 11.8 Å². The van der Waals surface area contributed by atoms with Gasteiger partial charge < -0.3 is 4.74 Å². The minimum absolute atomic E-state index is 0.0544. The number of allylic oxidation sites excluding steroid dienone is 1. The van der Waals surface area contributed by atoms with E-state index in [1.165, 1.54) is 0 Å². The molecule has 0 aromatic heterocycles. The van der Waals surface area contributed by atoms with Gasteiger partial charge in [0.1, 0.15) is 11.5 Å².